The fourth-order valence-corrected chi connectivity index (χ4v) is 1.57. The zero-order valence-corrected chi connectivity index (χ0v) is 8.93. The van der Waals surface area contributed by atoms with Crippen LogP contribution >= 0.6 is 0 Å². The van der Waals surface area contributed by atoms with Gasteiger partial charge in [0.15, 0.2) is 0 Å². The SMILES string of the molecule is CCC1CC1NCCC(C)(C)C#N. The van der Waals surface area contributed by atoms with Gasteiger partial charge in [-0.3, -0.25) is 0 Å². The molecule has 1 N–H and O–H groups in total. The number of rotatable bonds is 5. The van der Waals surface area contributed by atoms with Crippen LogP contribution in [0.2, 0.25) is 0 Å². The van der Waals surface area contributed by atoms with Crippen LogP contribution in [-0.4, -0.2) is 12.6 Å². The molecule has 2 heteroatoms. The molecule has 2 atom stereocenters. The second kappa shape index (κ2) is 4.11. The maximum Gasteiger partial charge on any atom is 0.0684 e. The summed E-state index contributed by atoms with van der Waals surface area (Å²) in [4.78, 5) is 0. The molecule has 2 unspecified atom stereocenters. The smallest absolute Gasteiger partial charge is 0.0684 e. The van der Waals surface area contributed by atoms with Crippen LogP contribution in [0.1, 0.15) is 40.0 Å². The van der Waals surface area contributed by atoms with Gasteiger partial charge >= 0.3 is 0 Å². The molecular formula is C11H20N2. The zero-order valence-electron chi connectivity index (χ0n) is 8.93. The minimum atomic E-state index is -0.163. The molecule has 1 aliphatic rings. The lowest BCUT2D eigenvalue weighted by Gasteiger charge is -2.14. The molecule has 0 bridgehead atoms. The van der Waals surface area contributed by atoms with Crippen LogP contribution < -0.4 is 5.32 Å². The highest BCUT2D eigenvalue weighted by molar-refractivity contribution is 4.95. The number of hydrogen-bond donors (Lipinski definition) is 1. The van der Waals surface area contributed by atoms with Crippen molar-refractivity contribution in [1.29, 1.82) is 5.26 Å². The van der Waals surface area contributed by atoms with Gasteiger partial charge in [-0.15, -0.1) is 0 Å². The van der Waals surface area contributed by atoms with Gasteiger partial charge in [-0.25, -0.2) is 0 Å². The van der Waals surface area contributed by atoms with Crippen molar-refractivity contribution < 1.29 is 0 Å². The summed E-state index contributed by atoms with van der Waals surface area (Å²) in [6.45, 7) is 7.23. The molecule has 0 saturated heterocycles. The monoisotopic (exact) mass is 180 g/mol. The van der Waals surface area contributed by atoms with Gasteiger partial charge in [0, 0.05) is 6.04 Å². The Morgan fingerprint density at radius 3 is 2.69 bits per heavy atom. The van der Waals surface area contributed by atoms with Gasteiger partial charge in [-0.2, -0.15) is 5.26 Å². The first-order valence-corrected chi connectivity index (χ1v) is 5.23. The summed E-state index contributed by atoms with van der Waals surface area (Å²) in [5.41, 5.74) is -0.163. The molecule has 13 heavy (non-hydrogen) atoms. The van der Waals surface area contributed by atoms with Crippen molar-refractivity contribution in [2.24, 2.45) is 11.3 Å². The van der Waals surface area contributed by atoms with Crippen LogP contribution in [0.5, 0.6) is 0 Å². The summed E-state index contributed by atoms with van der Waals surface area (Å²) in [5.74, 6) is 0.908. The van der Waals surface area contributed by atoms with E-state index in [9.17, 15) is 0 Å². The Labute approximate surface area is 81.3 Å². The third-order valence-electron chi connectivity index (χ3n) is 2.91. The molecule has 1 aliphatic carbocycles. The van der Waals surface area contributed by atoms with Crippen LogP contribution in [-0.2, 0) is 0 Å². The fourth-order valence-electron chi connectivity index (χ4n) is 1.57. The second-order valence-corrected chi connectivity index (χ2v) is 4.71. The molecule has 0 amide bonds. The van der Waals surface area contributed by atoms with Gasteiger partial charge in [0.25, 0.3) is 0 Å². The summed E-state index contributed by atoms with van der Waals surface area (Å²) in [5, 5.41) is 12.3. The molecule has 0 aromatic heterocycles. The molecule has 74 valence electrons. The van der Waals surface area contributed by atoms with E-state index >= 15 is 0 Å². The minimum absolute atomic E-state index is 0.163. The summed E-state index contributed by atoms with van der Waals surface area (Å²) in [6, 6.07) is 3.07. The van der Waals surface area contributed by atoms with Gasteiger partial charge in [0.05, 0.1) is 11.5 Å². The lowest BCUT2D eigenvalue weighted by Crippen LogP contribution is -2.24. The molecule has 0 radical (unpaired) electrons. The number of hydrogen-bond acceptors (Lipinski definition) is 2. The lowest BCUT2D eigenvalue weighted by molar-refractivity contribution is 0.428. The normalized spacial score (nSPS) is 26.9. The van der Waals surface area contributed by atoms with E-state index in [0.717, 1.165) is 24.9 Å². The molecule has 0 aromatic carbocycles. The van der Waals surface area contributed by atoms with Gasteiger partial charge in [0.2, 0.25) is 0 Å². The molecule has 0 heterocycles. The largest absolute Gasteiger partial charge is 0.314 e. The highest BCUT2D eigenvalue weighted by Crippen LogP contribution is 2.33. The molecule has 1 rings (SSSR count). The topological polar surface area (TPSA) is 35.8 Å². The molecular weight excluding hydrogens is 160 g/mol. The van der Waals surface area contributed by atoms with E-state index in [4.69, 9.17) is 5.26 Å². The van der Waals surface area contributed by atoms with Crippen molar-refractivity contribution in [2.75, 3.05) is 6.54 Å². The van der Waals surface area contributed by atoms with E-state index in [1.165, 1.54) is 12.8 Å². The predicted molar refractivity (Wildman–Crippen MR) is 54.2 cm³/mol. The maximum atomic E-state index is 8.80. The van der Waals surface area contributed by atoms with Gasteiger partial charge in [-0.05, 0) is 39.2 Å². The predicted octanol–water partition coefficient (Wildman–Crippen LogP) is 2.31. The zero-order chi connectivity index (χ0) is 9.90. The molecule has 0 aromatic rings. The summed E-state index contributed by atoms with van der Waals surface area (Å²) >= 11 is 0. The molecule has 1 saturated carbocycles. The van der Waals surface area contributed by atoms with Crippen molar-refractivity contribution >= 4 is 0 Å². The Morgan fingerprint density at radius 1 is 1.54 bits per heavy atom. The fraction of sp³-hybridized carbons (Fsp3) is 0.909. The molecule has 0 spiro atoms. The summed E-state index contributed by atoms with van der Waals surface area (Å²) in [7, 11) is 0. The Kier molecular flexibility index (Phi) is 3.33. The summed E-state index contributed by atoms with van der Waals surface area (Å²) < 4.78 is 0. The van der Waals surface area contributed by atoms with Crippen LogP contribution in [0.4, 0.5) is 0 Å². The minimum Gasteiger partial charge on any atom is -0.314 e. The number of nitriles is 1. The molecule has 2 nitrogen and oxygen atoms in total. The van der Waals surface area contributed by atoms with Gasteiger partial charge in [-0.1, -0.05) is 13.3 Å². The highest BCUT2D eigenvalue weighted by Gasteiger charge is 2.34. The van der Waals surface area contributed by atoms with Crippen LogP contribution in [0.3, 0.4) is 0 Å². The Balaban J connectivity index is 2.06. The van der Waals surface area contributed by atoms with Gasteiger partial charge < -0.3 is 5.32 Å². The van der Waals surface area contributed by atoms with E-state index in [1.54, 1.807) is 0 Å². The standard InChI is InChI=1S/C11H20N2/c1-4-9-7-10(9)13-6-5-11(2,3)8-12/h9-10,13H,4-7H2,1-3H3. The first kappa shape index (κ1) is 10.5. The van der Waals surface area contributed by atoms with Crippen LogP contribution in [0.15, 0.2) is 0 Å². The molecule has 1 fully saturated rings. The van der Waals surface area contributed by atoms with E-state index in [-0.39, 0.29) is 5.41 Å². The van der Waals surface area contributed by atoms with E-state index in [2.05, 4.69) is 18.3 Å². The van der Waals surface area contributed by atoms with Crippen molar-refractivity contribution in [3.05, 3.63) is 0 Å². The quantitative estimate of drug-likeness (QED) is 0.704. The van der Waals surface area contributed by atoms with Crippen molar-refractivity contribution in [1.82, 2.24) is 5.32 Å². The summed E-state index contributed by atoms with van der Waals surface area (Å²) in [6.07, 6.45) is 3.58. The van der Waals surface area contributed by atoms with Crippen molar-refractivity contribution in [3.63, 3.8) is 0 Å². The maximum absolute atomic E-state index is 8.80. The highest BCUT2D eigenvalue weighted by atomic mass is 15.0. The number of nitrogens with zero attached hydrogens (tertiary/aromatic N) is 1. The van der Waals surface area contributed by atoms with E-state index < -0.39 is 0 Å². The third-order valence-corrected chi connectivity index (χ3v) is 2.91. The second-order valence-electron chi connectivity index (χ2n) is 4.71. The van der Waals surface area contributed by atoms with Gasteiger partial charge in [0.1, 0.15) is 0 Å². The Morgan fingerprint density at radius 2 is 2.23 bits per heavy atom. The van der Waals surface area contributed by atoms with Crippen LogP contribution in [0, 0.1) is 22.7 Å². The van der Waals surface area contributed by atoms with Crippen LogP contribution in [0.25, 0.3) is 0 Å². The average molecular weight is 180 g/mol. The molecule has 0 aliphatic heterocycles. The third kappa shape index (κ3) is 3.36. The first-order valence-electron chi connectivity index (χ1n) is 5.23. The Bertz CT molecular complexity index is 203. The van der Waals surface area contributed by atoms with Crippen molar-refractivity contribution in [3.8, 4) is 6.07 Å². The van der Waals surface area contributed by atoms with E-state index in [0.29, 0.717) is 0 Å². The first-order chi connectivity index (χ1) is 6.09. The van der Waals surface area contributed by atoms with Crippen molar-refractivity contribution in [2.45, 2.75) is 46.1 Å². The number of nitrogens with one attached hydrogen (secondary N) is 1. The lowest BCUT2D eigenvalue weighted by atomic mass is 9.91. The Hall–Kier alpha value is -0.550. The average Bonchev–Trinajstić information content (AvgIpc) is 2.83. The van der Waals surface area contributed by atoms with E-state index in [1.807, 2.05) is 13.8 Å².